The summed E-state index contributed by atoms with van der Waals surface area (Å²) in [6, 6.07) is 14.5. The van der Waals surface area contributed by atoms with Gasteiger partial charge in [-0.1, -0.05) is 59.8 Å². The molecule has 4 rings (SSSR count). The van der Waals surface area contributed by atoms with Gasteiger partial charge in [0.1, 0.15) is 0 Å². The zero-order valence-corrected chi connectivity index (χ0v) is 19.0. The van der Waals surface area contributed by atoms with E-state index in [9.17, 15) is 0 Å². The average molecular weight is 452 g/mol. The first kappa shape index (κ1) is 21.3. The molecule has 5 heteroatoms. The summed E-state index contributed by atoms with van der Waals surface area (Å²) in [5.74, 6) is 1.65. The molecule has 2 heterocycles. The number of nitrogens with zero attached hydrogens (tertiary/aromatic N) is 1. The van der Waals surface area contributed by atoms with Gasteiger partial charge in [0, 0.05) is 16.6 Å². The molecule has 1 N–H and O–H groups in total. The predicted octanol–water partition coefficient (Wildman–Crippen LogP) is 7.38. The molecule has 0 spiro atoms. The van der Waals surface area contributed by atoms with Gasteiger partial charge in [0.2, 0.25) is 0 Å². The SMILES string of the molecule is Clc1ccc([C@@H]2CC(CCC3CCNCC3)CCN2c2ccc(Cl)cc2Cl)cc1. The van der Waals surface area contributed by atoms with Crippen LogP contribution in [0.25, 0.3) is 0 Å². The Morgan fingerprint density at radius 2 is 1.52 bits per heavy atom. The standard InChI is InChI=1S/C24H29Cl3N2/c25-20-5-3-19(4-6-20)24-15-18(2-1-17-9-12-28-13-10-17)11-14-29(24)23-8-7-21(26)16-22(23)27/h3-8,16-18,24,28H,1-2,9-15H2/t18?,24-/m0/s1. The van der Waals surface area contributed by atoms with Crippen molar-refractivity contribution in [3.05, 3.63) is 63.1 Å². The molecule has 2 aliphatic rings. The minimum absolute atomic E-state index is 0.317. The number of hydrogen-bond donors (Lipinski definition) is 1. The summed E-state index contributed by atoms with van der Waals surface area (Å²) >= 11 is 18.9. The molecule has 2 saturated heterocycles. The van der Waals surface area contributed by atoms with E-state index in [1.165, 1.54) is 50.8 Å². The molecule has 0 saturated carbocycles. The van der Waals surface area contributed by atoms with Crippen molar-refractivity contribution in [1.82, 2.24) is 5.32 Å². The summed E-state index contributed by atoms with van der Waals surface area (Å²) in [4.78, 5) is 2.46. The lowest BCUT2D eigenvalue weighted by Crippen LogP contribution is -2.37. The number of rotatable bonds is 5. The van der Waals surface area contributed by atoms with Crippen molar-refractivity contribution in [2.24, 2.45) is 11.8 Å². The highest BCUT2D eigenvalue weighted by Gasteiger charge is 2.31. The van der Waals surface area contributed by atoms with Gasteiger partial charge in [-0.3, -0.25) is 0 Å². The van der Waals surface area contributed by atoms with Crippen LogP contribution < -0.4 is 10.2 Å². The maximum atomic E-state index is 6.59. The van der Waals surface area contributed by atoms with Crippen LogP contribution in [0.1, 0.15) is 50.1 Å². The summed E-state index contributed by atoms with van der Waals surface area (Å²) in [5.41, 5.74) is 2.39. The van der Waals surface area contributed by atoms with Gasteiger partial charge in [-0.05, 0) is 86.5 Å². The summed E-state index contributed by atoms with van der Waals surface area (Å²) < 4.78 is 0. The number of hydrogen-bond acceptors (Lipinski definition) is 2. The van der Waals surface area contributed by atoms with E-state index in [2.05, 4.69) is 28.4 Å². The minimum Gasteiger partial charge on any atom is -0.363 e. The second kappa shape index (κ2) is 9.92. The van der Waals surface area contributed by atoms with Crippen molar-refractivity contribution in [3.63, 3.8) is 0 Å². The number of piperidine rings is 2. The highest BCUT2D eigenvalue weighted by molar-refractivity contribution is 6.36. The molecular formula is C24H29Cl3N2. The monoisotopic (exact) mass is 450 g/mol. The molecule has 0 aliphatic carbocycles. The van der Waals surface area contributed by atoms with Gasteiger partial charge in [-0.25, -0.2) is 0 Å². The molecule has 0 aromatic heterocycles. The van der Waals surface area contributed by atoms with Crippen LogP contribution in [0, 0.1) is 11.8 Å². The van der Waals surface area contributed by atoms with E-state index < -0.39 is 0 Å². The molecule has 1 unspecified atom stereocenters. The lowest BCUT2D eigenvalue weighted by Gasteiger charge is -2.42. The van der Waals surface area contributed by atoms with Crippen molar-refractivity contribution in [2.75, 3.05) is 24.5 Å². The van der Waals surface area contributed by atoms with Crippen LogP contribution in [0.15, 0.2) is 42.5 Å². The number of benzene rings is 2. The van der Waals surface area contributed by atoms with Gasteiger partial charge >= 0.3 is 0 Å². The maximum absolute atomic E-state index is 6.59. The molecule has 2 aromatic carbocycles. The number of halogens is 3. The van der Waals surface area contributed by atoms with Crippen LogP contribution >= 0.6 is 34.8 Å². The Morgan fingerprint density at radius 3 is 2.24 bits per heavy atom. The Hall–Kier alpha value is -0.930. The van der Waals surface area contributed by atoms with Crippen LogP contribution in [0.3, 0.4) is 0 Å². The molecule has 2 aromatic rings. The third kappa shape index (κ3) is 5.41. The third-order valence-corrected chi connectivity index (χ3v) is 7.42. The third-order valence-electron chi connectivity index (χ3n) is 6.63. The Kier molecular flexibility index (Phi) is 7.29. The normalized spacial score (nSPS) is 23.3. The second-order valence-corrected chi connectivity index (χ2v) is 9.80. The quantitative estimate of drug-likeness (QED) is 0.510. The zero-order chi connectivity index (χ0) is 20.2. The van der Waals surface area contributed by atoms with Crippen molar-refractivity contribution in [3.8, 4) is 0 Å². The highest BCUT2D eigenvalue weighted by Crippen LogP contribution is 2.42. The van der Waals surface area contributed by atoms with Crippen molar-refractivity contribution in [2.45, 2.75) is 44.6 Å². The van der Waals surface area contributed by atoms with E-state index in [-0.39, 0.29) is 0 Å². The molecular weight excluding hydrogens is 423 g/mol. The summed E-state index contributed by atoms with van der Waals surface area (Å²) in [5, 5.41) is 5.67. The number of anilines is 1. The van der Waals surface area contributed by atoms with Crippen molar-refractivity contribution >= 4 is 40.5 Å². The molecule has 0 radical (unpaired) electrons. The largest absolute Gasteiger partial charge is 0.363 e. The second-order valence-electron chi connectivity index (χ2n) is 8.52. The van der Waals surface area contributed by atoms with Crippen molar-refractivity contribution < 1.29 is 0 Å². The molecule has 2 aliphatic heterocycles. The lowest BCUT2D eigenvalue weighted by molar-refractivity contribution is 0.275. The first-order valence-corrected chi connectivity index (χ1v) is 11.9. The number of nitrogens with one attached hydrogen (secondary N) is 1. The van der Waals surface area contributed by atoms with E-state index in [4.69, 9.17) is 34.8 Å². The van der Waals surface area contributed by atoms with E-state index in [1.807, 2.05) is 24.3 Å². The van der Waals surface area contributed by atoms with Crippen LogP contribution in [-0.4, -0.2) is 19.6 Å². The Bertz CT molecular complexity index is 802. The Labute approximate surface area is 189 Å². The van der Waals surface area contributed by atoms with Gasteiger partial charge in [0.15, 0.2) is 0 Å². The van der Waals surface area contributed by atoms with Crippen LogP contribution in [0.4, 0.5) is 5.69 Å². The van der Waals surface area contributed by atoms with Gasteiger partial charge in [-0.15, -0.1) is 0 Å². The predicted molar refractivity (Wildman–Crippen MR) is 126 cm³/mol. The molecule has 2 nitrogen and oxygen atoms in total. The first-order chi connectivity index (χ1) is 14.1. The first-order valence-electron chi connectivity index (χ1n) is 10.8. The smallest absolute Gasteiger partial charge is 0.0654 e. The molecule has 0 amide bonds. The lowest BCUT2D eigenvalue weighted by atomic mass is 9.81. The van der Waals surface area contributed by atoms with E-state index in [1.54, 1.807) is 0 Å². The minimum atomic E-state index is 0.317. The molecule has 156 valence electrons. The molecule has 0 bridgehead atoms. The van der Waals surface area contributed by atoms with E-state index in [0.29, 0.717) is 11.1 Å². The fourth-order valence-corrected chi connectivity index (χ4v) is 5.59. The van der Waals surface area contributed by atoms with Crippen LogP contribution in [0.2, 0.25) is 15.1 Å². The summed E-state index contributed by atoms with van der Waals surface area (Å²) in [6.07, 6.45) is 7.73. The Balaban J connectivity index is 1.51. The Morgan fingerprint density at radius 1 is 0.828 bits per heavy atom. The van der Waals surface area contributed by atoms with Gasteiger partial charge in [0.05, 0.1) is 16.8 Å². The summed E-state index contributed by atoms with van der Waals surface area (Å²) in [6.45, 7) is 3.39. The highest BCUT2D eigenvalue weighted by atomic mass is 35.5. The van der Waals surface area contributed by atoms with Gasteiger partial charge in [-0.2, -0.15) is 0 Å². The van der Waals surface area contributed by atoms with Crippen LogP contribution in [0.5, 0.6) is 0 Å². The van der Waals surface area contributed by atoms with Crippen molar-refractivity contribution in [1.29, 1.82) is 0 Å². The zero-order valence-electron chi connectivity index (χ0n) is 16.7. The van der Waals surface area contributed by atoms with Gasteiger partial charge < -0.3 is 10.2 Å². The van der Waals surface area contributed by atoms with Crippen LogP contribution in [-0.2, 0) is 0 Å². The summed E-state index contributed by atoms with van der Waals surface area (Å²) in [7, 11) is 0. The van der Waals surface area contributed by atoms with E-state index in [0.717, 1.165) is 40.5 Å². The van der Waals surface area contributed by atoms with E-state index >= 15 is 0 Å². The molecule has 2 atom stereocenters. The molecule has 29 heavy (non-hydrogen) atoms. The van der Waals surface area contributed by atoms with Gasteiger partial charge in [0.25, 0.3) is 0 Å². The average Bonchev–Trinajstić information content (AvgIpc) is 2.74. The fourth-order valence-electron chi connectivity index (χ4n) is 4.95. The maximum Gasteiger partial charge on any atom is 0.0654 e. The topological polar surface area (TPSA) is 15.3 Å². The molecule has 2 fully saturated rings. The fraction of sp³-hybridized carbons (Fsp3) is 0.500.